The number of nitrogens with two attached hydrogens (primary N) is 1. The van der Waals surface area contributed by atoms with Crippen LogP contribution in [0.1, 0.15) is 88.5 Å². The molecule has 6 atom stereocenters. The van der Waals surface area contributed by atoms with Gasteiger partial charge in [0.2, 0.25) is 0 Å². The second kappa shape index (κ2) is 19.7. The summed E-state index contributed by atoms with van der Waals surface area (Å²) in [7, 11) is -2.48. The van der Waals surface area contributed by atoms with Gasteiger partial charge in [0, 0.05) is 30.6 Å². The number of unbranched alkanes of at least 4 members (excludes halogenated alkanes) is 9. The molecule has 0 radical (unpaired) electrons. The van der Waals surface area contributed by atoms with Crippen LogP contribution >= 0.6 is 7.75 Å². The molecule has 302 valence electrons. The number of esters is 1. The maximum absolute atomic E-state index is 14.8. The van der Waals surface area contributed by atoms with E-state index in [2.05, 4.69) is 22.1 Å². The number of carbonyl (C=O) groups excluding carboxylic acids is 1. The van der Waals surface area contributed by atoms with Gasteiger partial charge < -0.3 is 34.5 Å². The smallest absolute Gasteiger partial charge is 0.459 e. The first-order valence-corrected chi connectivity index (χ1v) is 21.3. The van der Waals surface area contributed by atoms with Gasteiger partial charge in [0.25, 0.3) is 0 Å². The van der Waals surface area contributed by atoms with Crippen LogP contribution in [0.5, 0.6) is 5.75 Å². The minimum Gasteiger partial charge on any atom is -0.465 e. The minimum atomic E-state index is -4.41. The number of hydrogen-bond donors (Lipinski definition) is 4. The second-order valence-electron chi connectivity index (χ2n) is 14.5. The molecule has 3 aromatic heterocycles. The number of hydrogen-bond acceptors (Lipinski definition) is 11. The molecule has 2 aromatic carbocycles. The summed E-state index contributed by atoms with van der Waals surface area (Å²) in [6.45, 7) is 1.99. The zero-order chi connectivity index (χ0) is 39.5. The molecule has 0 aliphatic carbocycles. The number of rotatable bonds is 22. The molecular weight excluding hydrogens is 735 g/mol. The Bertz CT molecular complexity index is 2060. The van der Waals surface area contributed by atoms with Gasteiger partial charge in [-0.15, -0.1) is 0 Å². The van der Waals surface area contributed by atoms with Gasteiger partial charge in [-0.1, -0.05) is 101 Å². The van der Waals surface area contributed by atoms with Gasteiger partial charge in [0.1, 0.15) is 48.1 Å². The standard InChI is InChI=1S/C41H55N6O8P/c1-3-4-5-6-7-8-9-10-11-17-24-52-41(50)32(25-29-26-46(2)33-21-16-15-20-31(29)33)45-56(51,55-30-18-13-12-14-19-30)53-27-36-37(48)38(49)39(54-36)34-22-23-35-40(42)43-28-44-47(34)35/h12-16,18-23,26,28,32,36-39,48-49H,3-11,17,24-25,27H2,1-2H3,(H,45,51)(H2,42,43,44)/t32?,36-,37-,38-,39+,56?/m1/s1. The molecule has 1 aliphatic rings. The molecule has 0 saturated carbocycles. The summed E-state index contributed by atoms with van der Waals surface area (Å²) in [6, 6.07) is 18.5. The number of nitrogens with one attached hydrogen (secondary N) is 1. The molecule has 5 aromatic rings. The van der Waals surface area contributed by atoms with Crippen molar-refractivity contribution >= 4 is 36.0 Å². The fourth-order valence-electron chi connectivity index (χ4n) is 7.24. The van der Waals surface area contributed by atoms with Gasteiger partial charge in [-0.25, -0.2) is 14.1 Å². The first-order chi connectivity index (χ1) is 27.2. The van der Waals surface area contributed by atoms with E-state index in [1.54, 1.807) is 42.5 Å². The van der Waals surface area contributed by atoms with Crippen molar-refractivity contribution in [1.82, 2.24) is 24.3 Å². The number of nitrogen functional groups attached to an aromatic ring is 1. The highest BCUT2D eigenvalue weighted by Crippen LogP contribution is 2.47. The number of carbonyl (C=O) groups is 1. The monoisotopic (exact) mass is 790 g/mol. The zero-order valence-electron chi connectivity index (χ0n) is 32.2. The summed E-state index contributed by atoms with van der Waals surface area (Å²) in [4.78, 5) is 17.9. The van der Waals surface area contributed by atoms with Crippen molar-refractivity contribution in [3.05, 3.63) is 90.5 Å². The SMILES string of the molecule is CCCCCCCCCCCCOC(=O)C(Cc1cn(C)c2ccccc12)NP(=O)(OC[C@H]1O[C@@H](c2ccc3c(N)ncnn23)[C@H](O)[C@@H]1O)Oc1ccccc1. The van der Waals surface area contributed by atoms with Gasteiger partial charge in [0.15, 0.2) is 5.82 Å². The van der Waals surface area contributed by atoms with Gasteiger partial charge in [-0.2, -0.15) is 10.2 Å². The van der Waals surface area contributed by atoms with Crippen molar-refractivity contribution in [1.29, 1.82) is 0 Å². The molecule has 1 saturated heterocycles. The van der Waals surface area contributed by atoms with E-state index in [0.29, 0.717) is 17.6 Å². The van der Waals surface area contributed by atoms with Gasteiger partial charge >= 0.3 is 13.7 Å². The predicted octanol–water partition coefficient (Wildman–Crippen LogP) is 6.83. The molecule has 14 nitrogen and oxygen atoms in total. The van der Waals surface area contributed by atoms with Crippen LogP contribution in [-0.2, 0) is 36.8 Å². The first kappa shape index (κ1) is 41.3. The number of aryl methyl sites for hydroxylation is 1. The van der Waals surface area contributed by atoms with Crippen molar-refractivity contribution in [2.75, 3.05) is 18.9 Å². The van der Waals surface area contributed by atoms with Crippen LogP contribution < -0.4 is 15.3 Å². The number of ether oxygens (including phenoxy) is 2. The van der Waals surface area contributed by atoms with E-state index < -0.39 is 50.8 Å². The minimum absolute atomic E-state index is 0.124. The molecule has 4 heterocycles. The Labute approximate surface area is 327 Å². The summed E-state index contributed by atoms with van der Waals surface area (Å²) >= 11 is 0. The average Bonchev–Trinajstić information content (AvgIpc) is 3.86. The summed E-state index contributed by atoms with van der Waals surface area (Å²) in [5.41, 5.74) is 8.76. The van der Waals surface area contributed by atoms with Gasteiger partial charge in [-0.3, -0.25) is 9.32 Å². The largest absolute Gasteiger partial charge is 0.465 e. The third-order valence-corrected chi connectivity index (χ3v) is 11.9. The van der Waals surface area contributed by atoms with Crippen molar-refractivity contribution in [2.45, 2.75) is 108 Å². The molecule has 0 bridgehead atoms. The average molecular weight is 791 g/mol. The lowest BCUT2D eigenvalue weighted by molar-refractivity contribution is -0.146. The second-order valence-corrected chi connectivity index (χ2v) is 16.2. The highest BCUT2D eigenvalue weighted by atomic mass is 31.2. The molecule has 1 aliphatic heterocycles. The number of fused-ring (bicyclic) bond motifs is 2. The third kappa shape index (κ3) is 10.4. The number of aliphatic hydroxyl groups is 2. The van der Waals surface area contributed by atoms with Crippen LogP contribution in [-0.4, -0.2) is 72.9 Å². The summed E-state index contributed by atoms with van der Waals surface area (Å²) < 4.78 is 42.1. The van der Waals surface area contributed by atoms with Crippen LogP contribution in [0.15, 0.2) is 79.3 Å². The Morgan fingerprint density at radius 3 is 2.38 bits per heavy atom. The molecule has 0 spiro atoms. The normalized spacial score (nSPS) is 20.0. The predicted molar refractivity (Wildman–Crippen MR) is 214 cm³/mol. The van der Waals surface area contributed by atoms with E-state index in [4.69, 9.17) is 24.3 Å². The Hall–Kier alpha value is -4.30. The van der Waals surface area contributed by atoms with Crippen LogP contribution in [0.25, 0.3) is 16.4 Å². The Morgan fingerprint density at radius 1 is 0.929 bits per heavy atom. The number of benzene rings is 2. The molecule has 1 fully saturated rings. The number of anilines is 1. The fraction of sp³-hybridized carbons (Fsp3) is 0.488. The fourth-order valence-corrected chi connectivity index (χ4v) is 8.75. The molecule has 56 heavy (non-hydrogen) atoms. The van der Waals surface area contributed by atoms with Gasteiger partial charge in [-0.05, 0) is 42.3 Å². The number of nitrogens with zero attached hydrogens (tertiary/aromatic N) is 4. The van der Waals surface area contributed by atoms with Crippen molar-refractivity contribution in [3.8, 4) is 5.75 Å². The maximum Gasteiger partial charge on any atom is 0.459 e. The Morgan fingerprint density at radius 2 is 1.62 bits per heavy atom. The van der Waals surface area contributed by atoms with Crippen LogP contribution in [0.3, 0.4) is 0 Å². The van der Waals surface area contributed by atoms with E-state index >= 15 is 0 Å². The van der Waals surface area contributed by atoms with Crippen LogP contribution in [0.2, 0.25) is 0 Å². The van der Waals surface area contributed by atoms with E-state index in [9.17, 15) is 19.6 Å². The maximum atomic E-state index is 14.8. The Balaban J connectivity index is 1.16. The molecule has 15 heteroatoms. The van der Waals surface area contributed by atoms with Crippen molar-refractivity contribution in [2.24, 2.45) is 7.05 Å². The zero-order valence-corrected chi connectivity index (χ0v) is 33.1. The number of aliphatic hydroxyl groups excluding tert-OH is 2. The molecule has 0 amide bonds. The summed E-state index contributed by atoms with van der Waals surface area (Å²) in [5.74, 6) is -0.124. The molecular formula is C41H55N6O8P. The lowest BCUT2D eigenvalue weighted by Crippen LogP contribution is -2.40. The lowest BCUT2D eigenvalue weighted by Gasteiger charge is -2.26. The van der Waals surface area contributed by atoms with Crippen molar-refractivity contribution < 1.29 is 38.1 Å². The number of para-hydroxylation sites is 2. The highest BCUT2D eigenvalue weighted by molar-refractivity contribution is 7.52. The molecule has 6 rings (SSSR count). The van der Waals surface area contributed by atoms with E-state index in [0.717, 1.165) is 35.7 Å². The van der Waals surface area contributed by atoms with Gasteiger partial charge in [0.05, 0.1) is 18.9 Å². The van der Waals surface area contributed by atoms with E-state index in [1.165, 1.54) is 49.4 Å². The number of aromatic nitrogens is 4. The first-order valence-electron chi connectivity index (χ1n) is 19.7. The lowest BCUT2D eigenvalue weighted by atomic mass is 10.1. The summed E-state index contributed by atoms with van der Waals surface area (Å²) in [5, 5.41) is 30.2. The Kier molecular flexibility index (Phi) is 14.6. The van der Waals surface area contributed by atoms with Crippen LogP contribution in [0, 0.1) is 0 Å². The molecule has 5 N–H and O–H groups in total. The summed E-state index contributed by atoms with van der Waals surface area (Å²) in [6.07, 6.45) is 9.88. The van der Waals surface area contributed by atoms with E-state index in [1.807, 2.05) is 42.1 Å². The van der Waals surface area contributed by atoms with Crippen molar-refractivity contribution in [3.63, 3.8) is 0 Å². The van der Waals surface area contributed by atoms with E-state index in [-0.39, 0.29) is 24.6 Å². The topological polar surface area (TPSA) is 185 Å². The van der Waals surface area contributed by atoms with Crippen LogP contribution in [0.4, 0.5) is 5.82 Å². The third-order valence-electron chi connectivity index (χ3n) is 10.3. The quantitative estimate of drug-likeness (QED) is 0.0326. The molecule has 2 unspecified atom stereocenters. The highest BCUT2D eigenvalue weighted by Gasteiger charge is 2.46.